The van der Waals surface area contributed by atoms with Gasteiger partial charge in [0.05, 0.1) is 0 Å². The summed E-state index contributed by atoms with van der Waals surface area (Å²) < 4.78 is 0. The number of thioether (sulfide) groups is 1. The van der Waals surface area contributed by atoms with Gasteiger partial charge in [0.1, 0.15) is 0 Å². The molecule has 1 N–H and O–H groups in total. The lowest BCUT2D eigenvalue weighted by molar-refractivity contribution is -0.137. The normalized spacial score (nSPS) is 10.5. The van der Waals surface area contributed by atoms with Crippen molar-refractivity contribution < 1.29 is 9.90 Å². The highest BCUT2D eigenvalue weighted by atomic mass is 32.2. The molecule has 0 unspecified atom stereocenters. The maximum Gasteiger partial charge on any atom is 0.303 e. The van der Waals surface area contributed by atoms with E-state index in [-0.39, 0.29) is 0 Å². The van der Waals surface area contributed by atoms with Gasteiger partial charge in [-0.1, -0.05) is 24.1 Å². The minimum Gasteiger partial charge on any atom is -0.481 e. The Kier molecular flexibility index (Phi) is 6.12. The fraction of sp³-hybridized carbons (Fsp3) is 0.500. The van der Waals surface area contributed by atoms with E-state index in [2.05, 4.69) is 32.0 Å². The van der Waals surface area contributed by atoms with Crippen molar-refractivity contribution in [2.24, 2.45) is 0 Å². The molecule has 0 spiro atoms. The van der Waals surface area contributed by atoms with Gasteiger partial charge in [0.15, 0.2) is 0 Å². The van der Waals surface area contributed by atoms with Crippen molar-refractivity contribution in [1.82, 2.24) is 0 Å². The lowest BCUT2D eigenvalue weighted by atomic mass is 10.2. The summed E-state index contributed by atoms with van der Waals surface area (Å²) in [6.07, 6.45) is 3.19. The highest BCUT2D eigenvalue weighted by Crippen LogP contribution is 2.24. The molecule has 0 aliphatic heterocycles. The van der Waals surface area contributed by atoms with Gasteiger partial charge in [0.25, 0.3) is 0 Å². The topological polar surface area (TPSA) is 37.3 Å². The summed E-state index contributed by atoms with van der Waals surface area (Å²) >= 11 is 1.87. The first-order valence-corrected chi connectivity index (χ1v) is 7.00. The molecule has 0 fully saturated rings. The quantitative estimate of drug-likeness (QED) is 0.588. The van der Waals surface area contributed by atoms with Gasteiger partial charge < -0.3 is 5.11 Å². The number of hydrogen-bond acceptors (Lipinski definition) is 2. The van der Waals surface area contributed by atoms with Gasteiger partial charge in [-0.3, -0.25) is 4.79 Å². The molecule has 1 rings (SSSR count). The molecule has 0 aliphatic rings. The van der Waals surface area contributed by atoms with Crippen LogP contribution >= 0.6 is 11.8 Å². The summed E-state index contributed by atoms with van der Waals surface area (Å²) in [6, 6.07) is 6.51. The first-order valence-electron chi connectivity index (χ1n) is 6.01. The number of rotatable bonds is 7. The van der Waals surface area contributed by atoms with Gasteiger partial charge in [-0.25, -0.2) is 0 Å². The van der Waals surface area contributed by atoms with Crippen molar-refractivity contribution in [2.75, 3.05) is 5.75 Å². The lowest BCUT2D eigenvalue weighted by Gasteiger charge is -2.06. The molecule has 0 amide bonds. The van der Waals surface area contributed by atoms with Crippen LogP contribution in [0.2, 0.25) is 0 Å². The number of unbranched alkanes of at least 4 members (excludes halogenated alkanes) is 2. The summed E-state index contributed by atoms with van der Waals surface area (Å²) in [6.45, 7) is 4.24. The summed E-state index contributed by atoms with van der Waals surface area (Å²) in [7, 11) is 0. The molecule has 0 heterocycles. The van der Waals surface area contributed by atoms with Gasteiger partial charge in [0, 0.05) is 11.3 Å². The van der Waals surface area contributed by atoms with E-state index in [0.29, 0.717) is 6.42 Å². The Morgan fingerprint density at radius 2 is 2.00 bits per heavy atom. The minimum absolute atomic E-state index is 0.300. The minimum atomic E-state index is -0.688. The Hall–Kier alpha value is -0.960. The first kappa shape index (κ1) is 14.1. The second-order valence-electron chi connectivity index (χ2n) is 4.32. The zero-order valence-electron chi connectivity index (χ0n) is 10.5. The smallest absolute Gasteiger partial charge is 0.303 e. The lowest BCUT2D eigenvalue weighted by Crippen LogP contribution is -1.94. The molecule has 2 nitrogen and oxygen atoms in total. The second kappa shape index (κ2) is 7.38. The van der Waals surface area contributed by atoms with Crippen molar-refractivity contribution in [3.8, 4) is 0 Å². The van der Waals surface area contributed by atoms with Crippen molar-refractivity contribution in [1.29, 1.82) is 0 Å². The van der Waals surface area contributed by atoms with E-state index in [1.54, 1.807) is 0 Å². The Morgan fingerprint density at radius 1 is 1.24 bits per heavy atom. The van der Waals surface area contributed by atoms with E-state index in [9.17, 15) is 4.79 Å². The molecule has 17 heavy (non-hydrogen) atoms. The molecule has 0 bridgehead atoms. The maximum atomic E-state index is 10.3. The molecule has 1 aromatic carbocycles. The molecule has 0 atom stereocenters. The summed E-state index contributed by atoms with van der Waals surface area (Å²) in [5.41, 5.74) is 2.63. The average molecular weight is 252 g/mol. The molecule has 0 radical (unpaired) electrons. The van der Waals surface area contributed by atoms with E-state index in [4.69, 9.17) is 5.11 Å². The number of hydrogen-bond donors (Lipinski definition) is 1. The maximum absolute atomic E-state index is 10.3. The molecule has 3 heteroatoms. The number of benzene rings is 1. The van der Waals surface area contributed by atoms with E-state index in [1.165, 1.54) is 16.0 Å². The molecule has 0 aromatic heterocycles. The number of carboxylic acid groups (broad SMARTS) is 1. The fourth-order valence-electron chi connectivity index (χ4n) is 1.70. The van der Waals surface area contributed by atoms with Gasteiger partial charge >= 0.3 is 5.97 Å². The molecule has 0 aliphatic carbocycles. The van der Waals surface area contributed by atoms with Gasteiger partial charge in [0.2, 0.25) is 0 Å². The zero-order valence-corrected chi connectivity index (χ0v) is 11.3. The van der Waals surface area contributed by atoms with E-state index in [1.807, 2.05) is 11.8 Å². The average Bonchev–Trinajstić information content (AvgIpc) is 2.25. The Bertz CT molecular complexity index is 374. The van der Waals surface area contributed by atoms with Crippen LogP contribution in [0.5, 0.6) is 0 Å². The van der Waals surface area contributed by atoms with E-state index < -0.39 is 5.97 Å². The molecule has 0 saturated heterocycles. The van der Waals surface area contributed by atoms with Crippen LogP contribution in [0, 0.1) is 13.8 Å². The van der Waals surface area contributed by atoms with Crippen molar-refractivity contribution in [3.63, 3.8) is 0 Å². The van der Waals surface area contributed by atoms with Gasteiger partial charge in [-0.2, -0.15) is 0 Å². The van der Waals surface area contributed by atoms with Crippen molar-refractivity contribution in [2.45, 2.75) is 44.4 Å². The van der Waals surface area contributed by atoms with E-state index >= 15 is 0 Å². The van der Waals surface area contributed by atoms with Crippen LogP contribution < -0.4 is 0 Å². The Balaban J connectivity index is 2.20. The third-order valence-corrected chi connectivity index (χ3v) is 3.88. The Morgan fingerprint density at radius 3 is 2.65 bits per heavy atom. The fourth-order valence-corrected chi connectivity index (χ4v) is 2.72. The van der Waals surface area contributed by atoms with Crippen LogP contribution in [0.4, 0.5) is 0 Å². The van der Waals surface area contributed by atoms with Crippen molar-refractivity contribution in [3.05, 3.63) is 29.3 Å². The number of aliphatic carboxylic acids is 1. The summed E-state index contributed by atoms with van der Waals surface area (Å²) in [4.78, 5) is 11.7. The first-order chi connectivity index (χ1) is 8.09. The number of carboxylic acids is 1. The standard InChI is InChI=1S/C14H20O2S/c1-11-7-8-13(12(2)10-11)17-9-5-3-4-6-14(15)16/h7-8,10H,3-6,9H2,1-2H3,(H,15,16). The monoisotopic (exact) mass is 252 g/mol. The second-order valence-corrected chi connectivity index (χ2v) is 5.46. The molecule has 0 saturated carbocycles. The van der Waals surface area contributed by atoms with Crippen LogP contribution in [0.25, 0.3) is 0 Å². The van der Waals surface area contributed by atoms with Crippen molar-refractivity contribution >= 4 is 17.7 Å². The van der Waals surface area contributed by atoms with Gasteiger partial charge in [-0.05, 0) is 44.1 Å². The SMILES string of the molecule is Cc1ccc(SCCCCCC(=O)O)c(C)c1. The molecule has 94 valence electrons. The molecule has 1 aromatic rings. The highest BCUT2D eigenvalue weighted by molar-refractivity contribution is 7.99. The zero-order chi connectivity index (χ0) is 12.7. The van der Waals surface area contributed by atoms with E-state index in [0.717, 1.165) is 25.0 Å². The highest BCUT2D eigenvalue weighted by Gasteiger charge is 2.00. The third kappa shape index (κ3) is 5.78. The molecular formula is C14H20O2S. The van der Waals surface area contributed by atoms with Crippen LogP contribution in [-0.2, 0) is 4.79 Å². The predicted molar refractivity (Wildman–Crippen MR) is 72.7 cm³/mol. The third-order valence-electron chi connectivity index (χ3n) is 2.62. The molecular weight excluding hydrogens is 232 g/mol. The van der Waals surface area contributed by atoms with Crippen LogP contribution in [0.1, 0.15) is 36.8 Å². The predicted octanol–water partition coefficient (Wildman–Crippen LogP) is 4.04. The largest absolute Gasteiger partial charge is 0.481 e. The summed E-state index contributed by atoms with van der Waals surface area (Å²) in [5.74, 6) is 0.385. The Labute approximate surface area is 107 Å². The van der Waals surface area contributed by atoms with Crippen LogP contribution in [-0.4, -0.2) is 16.8 Å². The summed E-state index contributed by atoms with van der Waals surface area (Å²) in [5, 5.41) is 8.51. The van der Waals surface area contributed by atoms with Crippen LogP contribution in [0.15, 0.2) is 23.1 Å². The van der Waals surface area contributed by atoms with Crippen LogP contribution in [0.3, 0.4) is 0 Å². The van der Waals surface area contributed by atoms with Gasteiger partial charge in [-0.15, -0.1) is 11.8 Å². The number of aryl methyl sites for hydroxylation is 2. The number of carbonyl (C=O) groups is 1.